The Kier molecular flexibility index (Phi) is 2.69. The maximum atomic E-state index is 5.55. The van der Waals surface area contributed by atoms with Crippen molar-refractivity contribution in [2.75, 3.05) is 5.73 Å². The summed E-state index contributed by atoms with van der Waals surface area (Å²) in [5.74, 6) is 0.592. The summed E-state index contributed by atoms with van der Waals surface area (Å²) in [5.41, 5.74) is 7.02. The molecule has 0 aliphatic heterocycles. The fraction of sp³-hybridized carbons (Fsp3) is 0. The van der Waals surface area contributed by atoms with Crippen molar-refractivity contribution in [1.82, 2.24) is 4.98 Å². The van der Waals surface area contributed by atoms with Gasteiger partial charge >= 0.3 is 0 Å². The molecule has 4 nitrogen and oxygen atoms in total. The summed E-state index contributed by atoms with van der Waals surface area (Å²) in [6, 6.07) is 12.7. The Balaban J connectivity index is 2.15. The molecule has 2 N–H and O–H groups in total. The minimum atomic E-state index is 0.592. The van der Waals surface area contributed by atoms with E-state index < -0.39 is 0 Å². The molecule has 0 saturated heterocycles. The zero-order chi connectivity index (χ0) is 10.5. The van der Waals surface area contributed by atoms with Crippen LogP contribution in [0.15, 0.2) is 58.9 Å². The van der Waals surface area contributed by atoms with Crippen molar-refractivity contribution in [2.45, 2.75) is 0 Å². The van der Waals surface area contributed by atoms with Crippen molar-refractivity contribution in [1.29, 1.82) is 0 Å². The second-order valence-corrected chi connectivity index (χ2v) is 2.98. The summed E-state index contributed by atoms with van der Waals surface area (Å²) in [6.07, 6.45) is 1.68. The third-order valence-corrected chi connectivity index (χ3v) is 1.81. The molecule has 15 heavy (non-hydrogen) atoms. The zero-order valence-corrected chi connectivity index (χ0v) is 8.04. The summed E-state index contributed by atoms with van der Waals surface area (Å²) < 4.78 is 0. The minimum Gasteiger partial charge on any atom is -0.399 e. The molecule has 1 heterocycles. The Bertz CT molecular complexity index is 448. The lowest BCUT2D eigenvalue weighted by Crippen LogP contribution is -1.80. The minimum absolute atomic E-state index is 0.592. The van der Waals surface area contributed by atoms with Gasteiger partial charge in [0.25, 0.3) is 0 Å². The summed E-state index contributed by atoms with van der Waals surface area (Å²) in [5, 5.41) is 8.00. The molecule has 0 radical (unpaired) electrons. The number of hydrogen-bond donors (Lipinski definition) is 1. The number of pyridine rings is 1. The van der Waals surface area contributed by atoms with Crippen LogP contribution in [0.1, 0.15) is 0 Å². The fourth-order valence-electron chi connectivity index (χ4n) is 1.06. The molecule has 0 aliphatic carbocycles. The molecule has 0 saturated carbocycles. The number of anilines is 1. The number of aromatic nitrogens is 1. The van der Waals surface area contributed by atoms with Crippen molar-refractivity contribution in [3.63, 3.8) is 0 Å². The highest BCUT2D eigenvalue weighted by molar-refractivity contribution is 5.47. The number of nitrogen functional groups attached to an aromatic ring is 1. The maximum Gasteiger partial charge on any atom is 0.174 e. The summed E-state index contributed by atoms with van der Waals surface area (Å²) >= 11 is 0. The Morgan fingerprint density at radius 3 is 2.40 bits per heavy atom. The Morgan fingerprint density at radius 2 is 1.73 bits per heavy atom. The van der Waals surface area contributed by atoms with Crippen molar-refractivity contribution < 1.29 is 0 Å². The van der Waals surface area contributed by atoms with Crippen LogP contribution in [-0.2, 0) is 0 Å². The van der Waals surface area contributed by atoms with Crippen LogP contribution in [0.2, 0.25) is 0 Å². The van der Waals surface area contributed by atoms with Gasteiger partial charge in [-0.05, 0) is 36.4 Å². The monoisotopic (exact) mass is 198 g/mol. The predicted molar refractivity (Wildman–Crippen MR) is 59.3 cm³/mol. The maximum absolute atomic E-state index is 5.55. The third kappa shape index (κ3) is 2.60. The molecule has 0 unspecified atom stereocenters. The molecular weight excluding hydrogens is 188 g/mol. The van der Waals surface area contributed by atoms with Crippen LogP contribution in [0.5, 0.6) is 0 Å². The molecule has 1 aromatic carbocycles. The van der Waals surface area contributed by atoms with E-state index in [1.54, 1.807) is 24.4 Å². The van der Waals surface area contributed by atoms with Crippen LogP contribution in [0, 0.1) is 0 Å². The van der Waals surface area contributed by atoms with Crippen molar-refractivity contribution >= 4 is 17.2 Å². The van der Waals surface area contributed by atoms with E-state index in [9.17, 15) is 0 Å². The molecule has 0 aliphatic rings. The van der Waals surface area contributed by atoms with Gasteiger partial charge in [0.15, 0.2) is 5.82 Å². The van der Waals surface area contributed by atoms with Gasteiger partial charge < -0.3 is 5.73 Å². The van der Waals surface area contributed by atoms with Gasteiger partial charge in [-0.1, -0.05) is 6.07 Å². The average Bonchev–Trinajstić information content (AvgIpc) is 2.30. The fourth-order valence-corrected chi connectivity index (χ4v) is 1.06. The van der Waals surface area contributed by atoms with Gasteiger partial charge in [0, 0.05) is 11.9 Å². The van der Waals surface area contributed by atoms with Gasteiger partial charge in [-0.15, -0.1) is 10.2 Å². The van der Waals surface area contributed by atoms with E-state index in [4.69, 9.17) is 5.73 Å². The number of azo groups is 1. The molecule has 2 rings (SSSR count). The second-order valence-electron chi connectivity index (χ2n) is 2.98. The molecule has 0 fully saturated rings. The lowest BCUT2D eigenvalue weighted by Gasteiger charge is -1.93. The van der Waals surface area contributed by atoms with E-state index in [0.717, 1.165) is 5.69 Å². The second kappa shape index (κ2) is 4.32. The largest absolute Gasteiger partial charge is 0.399 e. The van der Waals surface area contributed by atoms with Gasteiger partial charge in [-0.3, -0.25) is 0 Å². The molecule has 2 aromatic rings. The van der Waals surface area contributed by atoms with Crippen LogP contribution in [0.25, 0.3) is 0 Å². The zero-order valence-electron chi connectivity index (χ0n) is 8.04. The number of hydrogen-bond acceptors (Lipinski definition) is 4. The average molecular weight is 198 g/mol. The van der Waals surface area contributed by atoms with Gasteiger partial charge in [0.1, 0.15) is 0 Å². The molecule has 4 heteroatoms. The summed E-state index contributed by atoms with van der Waals surface area (Å²) in [6.45, 7) is 0. The van der Waals surface area contributed by atoms with E-state index in [0.29, 0.717) is 11.5 Å². The van der Waals surface area contributed by atoms with E-state index in [2.05, 4.69) is 15.2 Å². The predicted octanol–water partition coefficient (Wildman–Crippen LogP) is 3.08. The first-order valence-corrected chi connectivity index (χ1v) is 4.53. The van der Waals surface area contributed by atoms with E-state index in [-0.39, 0.29) is 0 Å². The SMILES string of the molecule is Nc1ccc(N=Nc2ccccn2)cc1. The van der Waals surface area contributed by atoms with Crippen molar-refractivity contribution in [2.24, 2.45) is 10.2 Å². The third-order valence-electron chi connectivity index (χ3n) is 1.81. The Labute approximate surface area is 87.5 Å². The van der Waals surface area contributed by atoms with E-state index in [1.807, 2.05) is 24.3 Å². The standard InChI is InChI=1S/C11H10N4/c12-9-4-6-10(7-5-9)14-15-11-3-1-2-8-13-11/h1-8H,12H2. The van der Waals surface area contributed by atoms with Gasteiger partial charge in [0.05, 0.1) is 5.69 Å². The number of rotatable bonds is 2. The van der Waals surface area contributed by atoms with Crippen LogP contribution >= 0.6 is 0 Å². The van der Waals surface area contributed by atoms with Crippen LogP contribution in [0.4, 0.5) is 17.2 Å². The highest BCUT2D eigenvalue weighted by atomic mass is 15.1. The number of benzene rings is 1. The van der Waals surface area contributed by atoms with E-state index in [1.165, 1.54) is 0 Å². The number of nitrogens with zero attached hydrogens (tertiary/aromatic N) is 3. The quantitative estimate of drug-likeness (QED) is 0.595. The van der Waals surface area contributed by atoms with Crippen LogP contribution in [-0.4, -0.2) is 4.98 Å². The molecule has 0 spiro atoms. The van der Waals surface area contributed by atoms with Crippen molar-refractivity contribution in [3.05, 3.63) is 48.7 Å². The number of nitrogens with two attached hydrogens (primary N) is 1. The molecule has 0 amide bonds. The molecule has 0 atom stereocenters. The van der Waals surface area contributed by atoms with Gasteiger partial charge in [-0.25, -0.2) is 4.98 Å². The van der Waals surface area contributed by atoms with Crippen molar-refractivity contribution in [3.8, 4) is 0 Å². The molecule has 0 bridgehead atoms. The van der Waals surface area contributed by atoms with Gasteiger partial charge in [0.2, 0.25) is 0 Å². The van der Waals surface area contributed by atoms with E-state index >= 15 is 0 Å². The highest BCUT2D eigenvalue weighted by Gasteiger charge is 1.90. The first-order valence-electron chi connectivity index (χ1n) is 4.53. The normalized spacial score (nSPS) is 10.7. The summed E-state index contributed by atoms with van der Waals surface area (Å²) in [4.78, 5) is 4.03. The lowest BCUT2D eigenvalue weighted by atomic mass is 10.3. The lowest BCUT2D eigenvalue weighted by molar-refractivity contribution is 1.15. The van der Waals surface area contributed by atoms with Crippen LogP contribution in [0.3, 0.4) is 0 Å². The summed E-state index contributed by atoms with van der Waals surface area (Å²) in [7, 11) is 0. The smallest absolute Gasteiger partial charge is 0.174 e. The Hall–Kier alpha value is -2.23. The molecule has 1 aromatic heterocycles. The molecular formula is C11H10N4. The topological polar surface area (TPSA) is 63.6 Å². The first kappa shape index (κ1) is 9.33. The Morgan fingerprint density at radius 1 is 0.933 bits per heavy atom. The van der Waals surface area contributed by atoms with Crippen LogP contribution < -0.4 is 5.73 Å². The highest BCUT2D eigenvalue weighted by Crippen LogP contribution is 2.17. The first-order chi connectivity index (χ1) is 7.34. The van der Waals surface area contributed by atoms with Gasteiger partial charge in [-0.2, -0.15) is 0 Å². The molecule has 74 valence electrons.